The monoisotopic (exact) mass is 609 g/mol. The van der Waals surface area contributed by atoms with E-state index in [0.29, 0.717) is 50.0 Å². The number of aromatic nitrogens is 1. The molecule has 0 spiro atoms. The van der Waals surface area contributed by atoms with Gasteiger partial charge in [0.15, 0.2) is 16.3 Å². The topological polar surface area (TPSA) is 112 Å². The molecule has 224 valence electrons. The first-order chi connectivity index (χ1) is 21.4. The van der Waals surface area contributed by atoms with Gasteiger partial charge in [-0.25, -0.2) is 9.79 Å². The SMILES string of the molecule is CCOC(=O)C1=C(C)N=c2s/c(=C/c3ccc(OCc4ccccc4C#N)cc3)c(=O)n2[C@@H]1c1cccc(OC)c1OCC. The summed E-state index contributed by atoms with van der Waals surface area (Å²) in [6.07, 6.45) is 1.79. The van der Waals surface area contributed by atoms with Crippen molar-refractivity contribution in [2.75, 3.05) is 20.3 Å². The lowest BCUT2D eigenvalue weighted by Gasteiger charge is -2.26. The maximum Gasteiger partial charge on any atom is 0.338 e. The number of carbonyl (C=O) groups is 1. The van der Waals surface area contributed by atoms with E-state index in [1.54, 1.807) is 45.2 Å². The molecule has 0 amide bonds. The summed E-state index contributed by atoms with van der Waals surface area (Å²) in [5, 5.41) is 9.32. The third kappa shape index (κ3) is 6.00. The highest BCUT2D eigenvalue weighted by molar-refractivity contribution is 7.07. The summed E-state index contributed by atoms with van der Waals surface area (Å²) in [4.78, 5) is 32.4. The first-order valence-corrected chi connectivity index (χ1v) is 14.9. The van der Waals surface area contributed by atoms with E-state index < -0.39 is 12.0 Å². The molecule has 0 N–H and O–H groups in total. The Kier molecular flexibility index (Phi) is 9.26. The fourth-order valence-electron chi connectivity index (χ4n) is 5.02. The summed E-state index contributed by atoms with van der Waals surface area (Å²) in [5.41, 5.74) is 3.18. The largest absolute Gasteiger partial charge is 0.493 e. The quantitative estimate of drug-likeness (QED) is 0.241. The number of para-hydroxylation sites is 1. The van der Waals surface area contributed by atoms with Crippen LogP contribution in [0.25, 0.3) is 6.08 Å². The number of rotatable bonds is 10. The first-order valence-electron chi connectivity index (χ1n) is 14.1. The van der Waals surface area contributed by atoms with Crippen molar-refractivity contribution in [3.05, 3.63) is 120 Å². The molecule has 0 radical (unpaired) electrons. The maximum absolute atomic E-state index is 14.0. The van der Waals surface area contributed by atoms with Crippen molar-refractivity contribution < 1.29 is 23.7 Å². The Bertz CT molecular complexity index is 1950. The zero-order chi connectivity index (χ0) is 31.2. The average molecular weight is 610 g/mol. The molecule has 0 aliphatic carbocycles. The molecule has 0 unspecified atom stereocenters. The fourth-order valence-corrected chi connectivity index (χ4v) is 6.07. The zero-order valence-electron chi connectivity index (χ0n) is 24.8. The van der Waals surface area contributed by atoms with Gasteiger partial charge in [-0.2, -0.15) is 5.26 Å². The molecule has 1 atom stereocenters. The first kappa shape index (κ1) is 30.3. The van der Waals surface area contributed by atoms with Gasteiger partial charge in [-0.1, -0.05) is 53.8 Å². The molecule has 0 saturated heterocycles. The van der Waals surface area contributed by atoms with Gasteiger partial charge < -0.3 is 18.9 Å². The number of hydrogen-bond acceptors (Lipinski definition) is 9. The lowest BCUT2D eigenvalue weighted by atomic mass is 9.94. The highest BCUT2D eigenvalue weighted by atomic mass is 32.1. The van der Waals surface area contributed by atoms with Gasteiger partial charge in [0, 0.05) is 11.1 Å². The van der Waals surface area contributed by atoms with Crippen LogP contribution in [0.1, 0.15) is 49.1 Å². The van der Waals surface area contributed by atoms with Gasteiger partial charge in [0.05, 0.1) is 47.8 Å². The number of carbonyl (C=O) groups excluding carboxylic acids is 1. The number of methoxy groups -OCH3 is 1. The highest BCUT2D eigenvalue weighted by Gasteiger charge is 2.36. The molecule has 44 heavy (non-hydrogen) atoms. The van der Waals surface area contributed by atoms with E-state index in [-0.39, 0.29) is 24.3 Å². The van der Waals surface area contributed by atoms with Crippen LogP contribution in [0.15, 0.2) is 87.8 Å². The van der Waals surface area contributed by atoms with E-state index in [4.69, 9.17) is 18.9 Å². The zero-order valence-corrected chi connectivity index (χ0v) is 25.6. The number of nitriles is 1. The van der Waals surface area contributed by atoms with E-state index in [1.807, 2.05) is 55.5 Å². The Balaban J connectivity index is 1.55. The van der Waals surface area contributed by atoms with Crippen LogP contribution in [0, 0.1) is 11.3 Å². The molecular formula is C34H31N3O6S. The van der Waals surface area contributed by atoms with Crippen LogP contribution in [0.2, 0.25) is 0 Å². The van der Waals surface area contributed by atoms with Crippen LogP contribution >= 0.6 is 11.3 Å². The molecule has 0 fully saturated rings. The number of fused-ring (bicyclic) bond motifs is 1. The highest BCUT2D eigenvalue weighted by Crippen LogP contribution is 2.40. The number of ether oxygens (including phenoxy) is 4. The van der Waals surface area contributed by atoms with Gasteiger partial charge in [0.2, 0.25) is 0 Å². The molecule has 0 saturated carbocycles. The maximum atomic E-state index is 14.0. The second-order valence-corrected chi connectivity index (χ2v) is 10.7. The van der Waals surface area contributed by atoms with Crippen LogP contribution in [0.4, 0.5) is 0 Å². The van der Waals surface area contributed by atoms with Crippen molar-refractivity contribution in [3.8, 4) is 23.3 Å². The predicted molar refractivity (Wildman–Crippen MR) is 166 cm³/mol. The van der Waals surface area contributed by atoms with Crippen molar-refractivity contribution in [3.63, 3.8) is 0 Å². The molecule has 10 heteroatoms. The van der Waals surface area contributed by atoms with E-state index in [1.165, 1.54) is 15.9 Å². The molecule has 0 bridgehead atoms. The molecule has 9 nitrogen and oxygen atoms in total. The summed E-state index contributed by atoms with van der Waals surface area (Å²) >= 11 is 1.24. The summed E-state index contributed by atoms with van der Waals surface area (Å²) < 4.78 is 24.8. The normalized spacial score (nSPS) is 14.3. The minimum absolute atomic E-state index is 0.174. The van der Waals surface area contributed by atoms with Crippen molar-refractivity contribution >= 4 is 23.4 Å². The smallest absolute Gasteiger partial charge is 0.338 e. The molecule has 1 aliphatic rings. The second-order valence-electron chi connectivity index (χ2n) is 9.74. The van der Waals surface area contributed by atoms with Crippen molar-refractivity contribution in [2.24, 2.45) is 4.99 Å². The van der Waals surface area contributed by atoms with Gasteiger partial charge in [-0.3, -0.25) is 9.36 Å². The number of nitrogens with zero attached hydrogens (tertiary/aromatic N) is 3. The second kappa shape index (κ2) is 13.4. The third-order valence-electron chi connectivity index (χ3n) is 7.04. The minimum Gasteiger partial charge on any atom is -0.493 e. The van der Waals surface area contributed by atoms with Crippen LogP contribution in [-0.4, -0.2) is 30.9 Å². The van der Waals surface area contributed by atoms with E-state index in [2.05, 4.69) is 11.1 Å². The van der Waals surface area contributed by atoms with Gasteiger partial charge in [-0.15, -0.1) is 0 Å². The summed E-state index contributed by atoms with van der Waals surface area (Å²) in [6, 6.07) is 21.4. The Morgan fingerprint density at radius 1 is 1.05 bits per heavy atom. The minimum atomic E-state index is -0.837. The molecule has 5 rings (SSSR count). The van der Waals surface area contributed by atoms with Gasteiger partial charge >= 0.3 is 5.97 Å². The van der Waals surface area contributed by atoms with Crippen LogP contribution in [0.3, 0.4) is 0 Å². The standard InChI is InChI=1S/C34H31N3O6S/c1-5-41-31-26(12-9-13-27(31)40-4)30-29(33(39)42-6-2)21(3)36-34-37(30)32(38)28(44-34)18-22-14-16-25(17-15-22)43-20-24-11-8-7-10-23(24)19-35/h7-18,30H,5-6,20H2,1-4H3/b28-18+/t30-/m1/s1. The van der Waals surface area contributed by atoms with Crippen LogP contribution < -0.4 is 29.1 Å². The molecule has 1 aliphatic heterocycles. The van der Waals surface area contributed by atoms with Gasteiger partial charge in [0.25, 0.3) is 5.56 Å². The third-order valence-corrected chi connectivity index (χ3v) is 8.02. The predicted octanol–water partition coefficient (Wildman–Crippen LogP) is 4.66. The summed E-state index contributed by atoms with van der Waals surface area (Å²) in [7, 11) is 1.54. The van der Waals surface area contributed by atoms with Crippen LogP contribution in [0.5, 0.6) is 17.2 Å². The molecule has 3 aromatic carbocycles. The van der Waals surface area contributed by atoms with Crippen molar-refractivity contribution in [1.29, 1.82) is 5.26 Å². The van der Waals surface area contributed by atoms with Gasteiger partial charge in [-0.05, 0) is 56.7 Å². The molecular weight excluding hydrogens is 578 g/mol. The number of hydrogen-bond donors (Lipinski definition) is 0. The van der Waals surface area contributed by atoms with Crippen molar-refractivity contribution in [2.45, 2.75) is 33.4 Å². The van der Waals surface area contributed by atoms with Crippen molar-refractivity contribution in [1.82, 2.24) is 4.57 Å². The average Bonchev–Trinajstić information content (AvgIpc) is 3.34. The molecule has 2 heterocycles. The Morgan fingerprint density at radius 2 is 1.82 bits per heavy atom. The Hall–Kier alpha value is -5.14. The van der Waals surface area contributed by atoms with E-state index in [0.717, 1.165) is 11.1 Å². The summed E-state index contributed by atoms with van der Waals surface area (Å²) in [5.74, 6) is 1.02. The fraction of sp³-hybridized carbons (Fsp3) is 0.235. The Morgan fingerprint density at radius 3 is 2.52 bits per heavy atom. The van der Waals surface area contributed by atoms with Gasteiger partial charge in [0.1, 0.15) is 18.4 Å². The van der Waals surface area contributed by atoms with Crippen LogP contribution in [-0.2, 0) is 16.1 Å². The summed E-state index contributed by atoms with van der Waals surface area (Å²) in [6.45, 7) is 6.13. The van der Waals surface area contributed by atoms with E-state index in [9.17, 15) is 14.9 Å². The molecule has 4 aromatic rings. The number of allylic oxidation sites excluding steroid dienone is 1. The number of esters is 1. The molecule has 1 aromatic heterocycles. The lowest BCUT2D eigenvalue weighted by molar-refractivity contribution is -0.139. The van der Waals surface area contributed by atoms with E-state index >= 15 is 0 Å². The number of thiazole rings is 1. The number of benzene rings is 3. The lowest BCUT2D eigenvalue weighted by Crippen LogP contribution is -2.40. The Labute approximate surface area is 258 Å².